The molecule has 146 valence electrons. The van der Waals surface area contributed by atoms with Crippen LogP contribution in [0.4, 0.5) is 13.2 Å². The lowest BCUT2D eigenvalue weighted by molar-refractivity contribution is -0.137. The summed E-state index contributed by atoms with van der Waals surface area (Å²) in [5, 5.41) is 0. The van der Waals surface area contributed by atoms with Gasteiger partial charge in [-0.2, -0.15) is 13.2 Å². The summed E-state index contributed by atoms with van der Waals surface area (Å²) < 4.78 is 49.7. The zero-order valence-corrected chi connectivity index (χ0v) is 14.8. The number of alkyl halides is 3. The van der Waals surface area contributed by atoms with Gasteiger partial charge in [-0.1, -0.05) is 18.2 Å². The summed E-state index contributed by atoms with van der Waals surface area (Å²) in [5.74, 6) is 0.357. The van der Waals surface area contributed by atoms with Crippen molar-refractivity contribution in [2.24, 2.45) is 0 Å². The second-order valence-corrected chi connectivity index (χ2v) is 6.70. The molecular formula is C20H22F3NO3. The van der Waals surface area contributed by atoms with Crippen molar-refractivity contribution in [3.63, 3.8) is 0 Å². The van der Waals surface area contributed by atoms with Crippen LogP contribution in [0.25, 0.3) is 0 Å². The summed E-state index contributed by atoms with van der Waals surface area (Å²) in [7, 11) is 0. The number of H-pyrrole nitrogens is 1. The Morgan fingerprint density at radius 3 is 2.74 bits per heavy atom. The Morgan fingerprint density at radius 1 is 1.15 bits per heavy atom. The number of rotatable bonds is 6. The molecule has 0 saturated carbocycles. The Bertz CT molecular complexity index is 811. The minimum atomic E-state index is -4.36. The molecule has 0 bridgehead atoms. The second-order valence-electron chi connectivity index (χ2n) is 6.70. The number of ether oxygens (including phenoxy) is 2. The molecule has 1 atom stereocenters. The van der Waals surface area contributed by atoms with Crippen molar-refractivity contribution in [2.75, 3.05) is 13.2 Å². The van der Waals surface area contributed by atoms with Crippen LogP contribution in [-0.4, -0.2) is 24.3 Å². The molecule has 0 radical (unpaired) electrons. The van der Waals surface area contributed by atoms with Gasteiger partial charge < -0.3 is 14.5 Å². The fourth-order valence-electron chi connectivity index (χ4n) is 3.09. The van der Waals surface area contributed by atoms with Gasteiger partial charge in [0.15, 0.2) is 11.3 Å². The maximum absolute atomic E-state index is 12.8. The summed E-state index contributed by atoms with van der Waals surface area (Å²) in [6.45, 7) is 1.09. The molecule has 1 aliphatic rings. The third-order valence-corrected chi connectivity index (χ3v) is 4.51. The number of aromatic amines is 1. The molecule has 7 heteroatoms. The van der Waals surface area contributed by atoms with Crippen LogP contribution in [0.2, 0.25) is 0 Å². The number of halogens is 3. The van der Waals surface area contributed by atoms with Gasteiger partial charge in [-0.3, -0.25) is 4.79 Å². The topological polar surface area (TPSA) is 51.3 Å². The highest BCUT2D eigenvalue weighted by atomic mass is 19.4. The van der Waals surface area contributed by atoms with Gasteiger partial charge in [0, 0.05) is 24.4 Å². The van der Waals surface area contributed by atoms with Crippen LogP contribution >= 0.6 is 0 Å². The van der Waals surface area contributed by atoms with Crippen LogP contribution < -0.4 is 10.2 Å². The Labute approximate surface area is 155 Å². The van der Waals surface area contributed by atoms with E-state index in [1.54, 1.807) is 6.07 Å². The first-order chi connectivity index (χ1) is 12.9. The highest BCUT2D eigenvalue weighted by molar-refractivity contribution is 5.26. The first-order valence-corrected chi connectivity index (χ1v) is 9.04. The molecule has 2 heterocycles. The standard InChI is InChI=1S/C20H22F3NO3/c21-20(22,23)15-5-3-4-14(10-15)7-8-16-11-17(25)12-19(24-16)27-13-18-6-1-2-9-26-18/h3-5,10-12,18H,1-2,6-9,13H2,(H,24,25). The predicted molar refractivity (Wildman–Crippen MR) is 95.0 cm³/mol. The zero-order chi connectivity index (χ0) is 19.3. The van der Waals surface area contributed by atoms with Gasteiger partial charge in [0.05, 0.1) is 11.7 Å². The fourth-order valence-corrected chi connectivity index (χ4v) is 3.09. The van der Waals surface area contributed by atoms with Gasteiger partial charge in [0.2, 0.25) is 0 Å². The van der Waals surface area contributed by atoms with Crippen LogP contribution in [-0.2, 0) is 23.8 Å². The Balaban J connectivity index is 1.61. The summed E-state index contributed by atoms with van der Waals surface area (Å²) >= 11 is 0. The normalized spacial score (nSPS) is 17.7. The van der Waals surface area contributed by atoms with E-state index in [1.807, 2.05) is 0 Å². The Kier molecular flexibility index (Phi) is 6.21. The van der Waals surface area contributed by atoms with E-state index < -0.39 is 11.7 Å². The minimum Gasteiger partial charge on any atom is -0.476 e. The van der Waals surface area contributed by atoms with Crippen molar-refractivity contribution in [1.82, 2.24) is 4.98 Å². The summed E-state index contributed by atoms with van der Waals surface area (Å²) in [4.78, 5) is 14.9. The monoisotopic (exact) mass is 381 g/mol. The van der Waals surface area contributed by atoms with Gasteiger partial charge in [0.25, 0.3) is 0 Å². The lowest BCUT2D eigenvalue weighted by Gasteiger charge is -2.22. The number of benzene rings is 1. The zero-order valence-electron chi connectivity index (χ0n) is 14.8. The van der Waals surface area contributed by atoms with Crippen molar-refractivity contribution in [3.05, 3.63) is 63.4 Å². The van der Waals surface area contributed by atoms with Crippen LogP contribution in [0.1, 0.15) is 36.1 Å². The van der Waals surface area contributed by atoms with Crippen molar-refractivity contribution < 1.29 is 22.6 Å². The average Bonchev–Trinajstić information content (AvgIpc) is 2.65. The molecule has 27 heavy (non-hydrogen) atoms. The predicted octanol–water partition coefficient (Wildman–Crippen LogP) is 4.13. The van der Waals surface area contributed by atoms with E-state index in [9.17, 15) is 18.0 Å². The van der Waals surface area contributed by atoms with Gasteiger partial charge in [-0.05, 0) is 43.7 Å². The number of hydrogen-bond donors (Lipinski definition) is 1. The van der Waals surface area contributed by atoms with Crippen LogP contribution in [0, 0.1) is 0 Å². The molecule has 2 aromatic rings. The molecule has 1 saturated heterocycles. The molecule has 0 amide bonds. The van der Waals surface area contributed by atoms with Gasteiger partial charge in [-0.15, -0.1) is 0 Å². The SMILES string of the molecule is O=c1cc(CCc2cccc(C(F)(F)F)c2)[nH]c(OCC2CCCCO2)c1. The molecule has 3 rings (SSSR count). The number of aryl methyl sites for hydroxylation is 2. The lowest BCUT2D eigenvalue weighted by atomic mass is 10.0. The molecule has 1 aliphatic heterocycles. The molecule has 1 aromatic carbocycles. The summed E-state index contributed by atoms with van der Waals surface area (Å²) in [5.41, 5.74) is 0.317. The third kappa shape index (κ3) is 5.85. The maximum atomic E-state index is 12.8. The van der Waals surface area contributed by atoms with E-state index in [0.717, 1.165) is 38.0 Å². The molecule has 1 unspecified atom stereocenters. The first kappa shape index (κ1) is 19.5. The van der Waals surface area contributed by atoms with E-state index in [-0.39, 0.29) is 11.5 Å². The fraction of sp³-hybridized carbons (Fsp3) is 0.450. The van der Waals surface area contributed by atoms with Crippen LogP contribution in [0.15, 0.2) is 41.2 Å². The van der Waals surface area contributed by atoms with E-state index >= 15 is 0 Å². The quantitative estimate of drug-likeness (QED) is 0.819. The van der Waals surface area contributed by atoms with E-state index in [0.29, 0.717) is 36.6 Å². The van der Waals surface area contributed by atoms with Crippen LogP contribution in [0.5, 0.6) is 5.88 Å². The molecule has 4 nitrogen and oxygen atoms in total. The first-order valence-electron chi connectivity index (χ1n) is 9.04. The molecule has 0 spiro atoms. The summed E-state index contributed by atoms with van der Waals surface area (Å²) in [6.07, 6.45) is -0.461. The molecule has 1 N–H and O–H groups in total. The Morgan fingerprint density at radius 2 is 2.00 bits per heavy atom. The molecule has 0 aliphatic carbocycles. The molecular weight excluding hydrogens is 359 g/mol. The summed E-state index contributed by atoms with van der Waals surface area (Å²) in [6, 6.07) is 8.04. The highest BCUT2D eigenvalue weighted by Crippen LogP contribution is 2.29. The number of hydrogen-bond acceptors (Lipinski definition) is 3. The number of nitrogens with one attached hydrogen (secondary N) is 1. The third-order valence-electron chi connectivity index (χ3n) is 4.51. The smallest absolute Gasteiger partial charge is 0.416 e. The number of aromatic nitrogens is 1. The van der Waals surface area contributed by atoms with Crippen molar-refractivity contribution in [2.45, 2.75) is 44.4 Å². The largest absolute Gasteiger partial charge is 0.476 e. The van der Waals surface area contributed by atoms with Crippen molar-refractivity contribution in [1.29, 1.82) is 0 Å². The van der Waals surface area contributed by atoms with E-state index in [2.05, 4.69) is 4.98 Å². The maximum Gasteiger partial charge on any atom is 0.416 e. The average molecular weight is 381 g/mol. The van der Waals surface area contributed by atoms with Crippen LogP contribution in [0.3, 0.4) is 0 Å². The lowest BCUT2D eigenvalue weighted by Crippen LogP contribution is -2.26. The van der Waals surface area contributed by atoms with Crippen molar-refractivity contribution >= 4 is 0 Å². The van der Waals surface area contributed by atoms with E-state index in [4.69, 9.17) is 9.47 Å². The van der Waals surface area contributed by atoms with Crippen molar-refractivity contribution in [3.8, 4) is 5.88 Å². The number of pyridine rings is 1. The molecule has 1 fully saturated rings. The van der Waals surface area contributed by atoms with Gasteiger partial charge in [-0.25, -0.2) is 0 Å². The van der Waals surface area contributed by atoms with E-state index in [1.165, 1.54) is 18.2 Å². The second kappa shape index (κ2) is 8.61. The molecule has 1 aromatic heterocycles. The Hall–Kier alpha value is -2.28. The van der Waals surface area contributed by atoms with Gasteiger partial charge in [0.1, 0.15) is 6.61 Å². The minimum absolute atomic E-state index is 0.0241. The highest BCUT2D eigenvalue weighted by Gasteiger charge is 2.30. The van der Waals surface area contributed by atoms with Gasteiger partial charge >= 0.3 is 6.18 Å².